The van der Waals surface area contributed by atoms with Crippen molar-refractivity contribution in [3.63, 3.8) is 0 Å². The second-order valence-electron chi connectivity index (χ2n) is 5.56. The molecule has 0 radical (unpaired) electrons. The fourth-order valence-electron chi connectivity index (χ4n) is 2.52. The molecule has 0 saturated carbocycles. The van der Waals surface area contributed by atoms with E-state index in [1.807, 2.05) is 36.6 Å². The van der Waals surface area contributed by atoms with E-state index < -0.39 is 0 Å². The molecule has 0 atom stereocenters. The molecule has 6 heteroatoms. The van der Waals surface area contributed by atoms with Crippen LogP contribution in [0.15, 0.2) is 40.5 Å². The normalized spacial score (nSPS) is 10.9. The SMILES string of the molecule is Cc1ccc2c(c1)c(=O)c(C(=O)N(C)Cc1cccs1)nn2C. The predicted octanol–water partition coefficient (Wildman–Crippen LogP) is 2.58. The van der Waals surface area contributed by atoms with Crippen molar-refractivity contribution in [3.8, 4) is 0 Å². The van der Waals surface area contributed by atoms with E-state index in [0.717, 1.165) is 16.0 Å². The predicted molar refractivity (Wildman–Crippen MR) is 91.8 cm³/mol. The summed E-state index contributed by atoms with van der Waals surface area (Å²) in [7, 11) is 3.43. The van der Waals surface area contributed by atoms with Crippen LogP contribution in [0.5, 0.6) is 0 Å². The molecular weight excluding hydrogens is 310 g/mol. The van der Waals surface area contributed by atoms with E-state index in [2.05, 4.69) is 5.10 Å². The summed E-state index contributed by atoms with van der Waals surface area (Å²) >= 11 is 1.58. The van der Waals surface area contributed by atoms with E-state index in [9.17, 15) is 9.59 Å². The molecule has 0 fully saturated rings. The van der Waals surface area contributed by atoms with E-state index >= 15 is 0 Å². The van der Waals surface area contributed by atoms with Gasteiger partial charge in [0.15, 0.2) is 5.69 Å². The van der Waals surface area contributed by atoms with Gasteiger partial charge in [0.05, 0.1) is 17.4 Å². The Balaban J connectivity index is 2.03. The highest BCUT2D eigenvalue weighted by Crippen LogP contribution is 2.14. The van der Waals surface area contributed by atoms with Gasteiger partial charge in [0.25, 0.3) is 5.91 Å². The lowest BCUT2D eigenvalue weighted by Crippen LogP contribution is -2.33. The van der Waals surface area contributed by atoms with Crippen LogP contribution < -0.4 is 5.43 Å². The number of hydrogen-bond acceptors (Lipinski definition) is 4. The molecule has 0 saturated heterocycles. The number of benzene rings is 1. The molecule has 0 aliphatic rings. The lowest BCUT2D eigenvalue weighted by molar-refractivity contribution is 0.0777. The number of carbonyl (C=O) groups is 1. The molecule has 0 N–H and O–H groups in total. The zero-order valence-electron chi connectivity index (χ0n) is 13.2. The Morgan fingerprint density at radius 3 is 2.83 bits per heavy atom. The average molecular weight is 327 g/mol. The fraction of sp³-hybridized carbons (Fsp3) is 0.235. The largest absolute Gasteiger partial charge is 0.335 e. The van der Waals surface area contributed by atoms with Crippen LogP contribution in [0.3, 0.4) is 0 Å². The van der Waals surface area contributed by atoms with Gasteiger partial charge in [-0.2, -0.15) is 5.10 Å². The van der Waals surface area contributed by atoms with Crippen molar-refractivity contribution in [1.29, 1.82) is 0 Å². The third-order valence-corrected chi connectivity index (χ3v) is 4.59. The summed E-state index contributed by atoms with van der Waals surface area (Å²) < 4.78 is 1.59. The molecule has 2 aromatic heterocycles. The first kappa shape index (κ1) is 15.4. The quantitative estimate of drug-likeness (QED) is 0.743. The summed E-state index contributed by atoms with van der Waals surface area (Å²) in [6.45, 7) is 2.39. The smallest absolute Gasteiger partial charge is 0.278 e. The number of amides is 1. The monoisotopic (exact) mass is 327 g/mol. The van der Waals surface area contributed by atoms with E-state index in [0.29, 0.717) is 11.9 Å². The number of aromatic nitrogens is 2. The standard InChI is InChI=1S/C17H17N3O2S/c1-11-6-7-14-13(9-11)16(21)15(18-20(14)3)17(22)19(2)10-12-5-4-8-23-12/h4-9H,10H2,1-3H3. The Labute approximate surface area is 137 Å². The summed E-state index contributed by atoms with van der Waals surface area (Å²) in [5.74, 6) is -0.359. The van der Waals surface area contributed by atoms with Crippen LogP contribution in [-0.2, 0) is 13.6 Å². The molecule has 0 spiro atoms. The third kappa shape index (κ3) is 2.90. The molecule has 0 unspecified atom stereocenters. The molecule has 3 rings (SSSR count). The van der Waals surface area contributed by atoms with Gasteiger partial charge in [0.2, 0.25) is 5.43 Å². The second kappa shape index (κ2) is 5.96. The highest BCUT2D eigenvalue weighted by molar-refractivity contribution is 7.09. The second-order valence-corrected chi connectivity index (χ2v) is 6.59. The molecular formula is C17H17N3O2S. The minimum Gasteiger partial charge on any atom is -0.335 e. The first-order valence-electron chi connectivity index (χ1n) is 7.23. The van der Waals surface area contributed by atoms with Gasteiger partial charge in [0, 0.05) is 19.0 Å². The van der Waals surface area contributed by atoms with Crippen molar-refractivity contribution in [2.75, 3.05) is 7.05 Å². The summed E-state index contributed by atoms with van der Waals surface area (Å²) in [5.41, 5.74) is 1.35. The fourth-order valence-corrected chi connectivity index (χ4v) is 3.28. The zero-order valence-corrected chi connectivity index (χ0v) is 14.1. The van der Waals surface area contributed by atoms with Crippen molar-refractivity contribution in [2.45, 2.75) is 13.5 Å². The van der Waals surface area contributed by atoms with Crippen LogP contribution in [0.1, 0.15) is 20.9 Å². The van der Waals surface area contributed by atoms with Crippen molar-refractivity contribution in [2.24, 2.45) is 7.05 Å². The van der Waals surface area contributed by atoms with Gasteiger partial charge >= 0.3 is 0 Å². The topological polar surface area (TPSA) is 55.2 Å². The van der Waals surface area contributed by atoms with Crippen LogP contribution in [0, 0.1) is 6.92 Å². The Hall–Kier alpha value is -2.47. The number of thiophene rings is 1. The lowest BCUT2D eigenvalue weighted by atomic mass is 10.1. The van der Waals surface area contributed by atoms with Crippen molar-refractivity contribution in [3.05, 3.63) is 62.1 Å². The summed E-state index contributed by atoms with van der Waals surface area (Å²) in [6.07, 6.45) is 0. The number of rotatable bonds is 3. The van der Waals surface area contributed by atoms with Gasteiger partial charge in [-0.25, -0.2) is 0 Å². The molecule has 0 bridgehead atoms. The number of nitrogens with zero attached hydrogens (tertiary/aromatic N) is 3. The zero-order chi connectivity index (χ0) is 16.6. The summed E-state index contributed by atoms with van der Waals surface area (Å²) in [5, 5.41) is 6.68. The third-order valence-electron chi connectivity index (χ3n) is 3.73. The molecule has 5 nitrogen and oxygen atoms in total. The van der Waals surface area contributed by atoms with Crippen molar-refractivity contribution >= 4 is 28.1 Å². The van der Waals surface area contributed by atoms with Gasteiger partial charge < -0.3 is 4.90 Å². The Morgan fingerprint density at radius 1 is 1.35 bits per heavy atom. The number of hydrogen-bond donors (Lipinski definition) is 0. The van der Waals surface area contributed by atoms with Crippen LogP contribution in [-0.4, -0.2) is 27.6 Å². The van der Waals surface area contributed by atoms with Crippen LogP contribution >= 0.6 is 11.3 Å². The van der Waals surface area contributed by atoms with E-state index in [4.69, 9.17) is 0 Å². The molecule has 3 aromatic rings. The molecule has 0 aliphatic heterocycles. The minimum absolute atomic E-state index is 0.0374. The Morgan fingerprint density at radius 2 is 2.13 bits per heavy atom. The number of aryl methyl sites for hydroxylation is 2. The molecule has 1 amide bonds. The van der Waals surface area contributed by atoms with Gasteiger partial charge in [-0.05, 0) is 30.5 Å². The molecule has 118 valence electrons. The maximum atomic E-state index is 12.7. The first-order chi connectivity index (χ1) is 11.0. The molecule has 0 aliphatic carbocycles. The highest BCUT2D eigenvalue weighted by Gasteiger charge is 2.20. The molecule has 1 aromatic carbocycles. The van der Waals surface area contributed by atoms with Gasteiger partial charge in [-0.3, -0.25) is 14.3 Å². The number of carbonyl (C=O) groups excluding carboxylic acids is 1. The van der Waals surface area contributed by atoms with Crippen molar-refractivity contribution < 1.29 is 4.79 Å². The molecule has 23 heavy (non-hydrogen) atoms. The Bertz CT molecular complexity index is 929. The van der Waals surface area contributed by atoms with Gasteiger partial charge in [-0.15, -0.1) is 11.3 Å². The average Bonchev–Trinajstić information content (AvgIpc) is 3.03. The van der Waals surface area contributed by atoms with E-state index in [1.165, 1.54) is 4.90 Å². The summed E-state index contributed by atoms with van der Waals surface area (Å²) in [4.78, 5) is 27.9. The maximum Gasteiger partial charge on any atom is 0.278 e. The maximum absolute atomic E-state index is 12.7. The minimum atomic E-state index is -0.359. The van der Waals surface area contributed by atoms with Crippen molar-refractivity contribution in [1.82, 2.24) is 14.7 Å². The van der Waals surface area contributed by atoms with Gasteiger partial charge in [-0.1, -0.05) is 17.7 Å². The number of fused-ring (bicyclic) bond motifs is 1. The lowest BCUT2D eigenvalue weighted by Gasteiger charge is -2.16. The summed E-state index contributed by atoms with van der Waals surface area (Å²) in [6, 6.07) is 9.48. The van der Waals surface area contributed by atoms with E-state index in [1.54, 1.807) is 36.2 Å². The van der Waals surface area contributed by atoms with E-state index in [-0.39, 0.29) is 17.0 Å². The Kier molecular flexibility index (Phi) is 4.00. The highest BCUT2D eigenvalue weighted by atomic mass is 32.1. The van der Waals surface area contributed by atoms with Crippen LogP contribution in [0.2, 0.25) is 0 Å². The first-order valence-corrected chi connectivity index (χ1v) is 8.11. The molecule has 2 heterocycles. The van der Waals surface area contributed by atoms with Crippen LogP contribution in [0.25, 0.3) is 10.9 Å². The van der Waals surface area contributed by atoms with Crippen LogP contribution in [0.4, 0.5) is 0 Å². The van der Waals surface area contributed by atoms with Gasteiger partial charge in [0.1, 0.15) is 0 Å².